The molecule has 0 atom stereocenters. The lowest BCUT2D eigenvalue weighted by Gasteiger charge is -2.05. The van der Waals surface area contributed by atoms with Gasteiger partial charge in [0.05, 0.1) is 15.6 Å². The molecule has 90 valence electrons. The Morgan fingerprint density at radius 3 is 2.94 bits per heavy atom. The molecule has 4 nitrogen and oxygen atoms in total. The number of aromatic nitrogens is 2. The van der Waals surface area contributed by atoms with Crippen LogP contribution in [0.5, 0.6) is 0 Å². The Morgan fingerprint density at radius 2 is 2.29 bits per heavy atom. The van der Waals surface area contributed by atoms with E-state index in [9.17, 15) is 0 Å². The molecule has 0 bridgehead atoms. The molecular formula is C11H12ClN3OS. The molecule has 2 rings (SSSR count). The summed E-state index contributed by atoms with van der Waals surface area (Å²) >= 11 is 7.59. The number of ether oxygens (including phenoxy) is 1. The van der Waals surface area contributed by atoms with E-state index in [1.54, 1.807) is 6.07 Å². The highest BCUT2D eigenvalue weighted by atomic mass is 35.5. The molecule has 2 heterocycles. The lowest BCUT2D eigenvalue weighted by Crippen LogP contribution is -2.03. The van der Waals surface area contributed by atoms with Crippen LogP contribution in [0, 0.1) is 0 Å². The third kappa shape index (κ3) is 2.94. The minimum Gasteiger partial charge on any atom is -0.384 e. The van der Waals surface area contributed by atoms with Gasteiger partial charge in [0.1, 0.15) is 12.4 Å². The fourth-order valence-electron chi connectivity index (χ4n) is 1.37. The van der Waals surface area contributed by atoms with Crippen LogP contribution >= 0.6 is 22.9 Å². The summed E-state index contributed by atoms with van der Waals surface area (Å²) in [5, 5.41) is 2.59. The molecular weight excluding hydrogens is 258 g/mol. The van der Waals surface area contributed by atoms with Crippen LogP contribution in [0.1, 0.15) is 12.7 Å². The first-order valence-electron chi connectivity index (χ1n) is 5.15. The molecule has 0 spiro atoms. The number of anilines is 1. The van der Waals surface area contributed by atoms with Crippen molar-refractivity contribution < 1.29 is 4.74 Å². The Labute approximate surface area is 108 Å². The SMILES string of the molecule is CCOCc1nc(N)cc(-c2sccc2Cl)n1. The zero-order valence-corrected chi connectivity index (χ0v) is 10.9. The summed E-state index contributed by atoms with van der Waals surface area (Å²) in [6.07, 6.45) is 0. The van der Waals surface area contributed by atoms with Crippen LogP contribution in [0.4, 0.5) is 5.82 Å². The molecule has 2 aromatic heterocycles. The maximum absolute atomic E-state index is 6.06. The number of nitrogens with two attached hydrogens (primary N) is 1. The lowest BCUT2D eigenvalue weighted by molar-refractivity contribution is 0.128. The highest BCUT2D eigenvalue weighted by Crippen LogP contribution is 2.32. The number of nitrogen functional groups attached to an aromatic ring is 1. The normalized spacial score (nSPS) is 10.7. The molecule has 2 N–H and O–H groups in total. The Morgan fingerprint density at radius 1 is 1.47 bits per heavy atom. The van der Waals surface area contributed by atoms with Gasteiger partial charge in [0.15, 0.2) is 5.82 Å². The van der Waals surface area contributed by atoms with Gasteiger partial charge in [-0.2, -0.15) is 0 Å². The number of hydrogen-bond acceptors (Lipinski definition) is 5. The van der Waals surface area contributed by atoms with Crippen molar-refractivity contribution in [2.24, 2.45) is 0 Å². The quantitative estimate of drug-likeness (QED) is 0.927. The van der Waals surface area contributed by atoms with Crippen molar-refractivity contribution in [2.45, 2.75) is 13.5 Å². The maximum Gasteiger partial charge on any atom is 0.157 e. The van der Waals surface area contributed by atoms with Gasteiger partial charge in [-0.1, -0.05) is 11.6 Å². The average Bonchev–Trinajstić information content (AvgIpc) is 2.72. The van der Waals surface area contributed by atoms with E-state index in [0.717, 1.165) is 10.6 Å². The van der Waals surface area contributed by atoms with Crippen LogP contribution in [0.2, 0.25) is 5.02 Å². The standard InChI is InChI=1S/C11H12ClN3OS/c1-2-16-6-10-14-8(5-9(13)15-10)11-7(12)3-4-17-11/h3-5H,2,6H2,1H3,(H2,13,14,15). The predicted octanol–water partition coefficient (Wildman–Crippen LogP) is 2.98. The molecule has 0 radical (unpaired) electrons. The molecule has 17 heavy (non-hydrogen) atoms. The van der Waals surface area contributed by atoms with Crippen LogP contribution in [0.25, 0.3) is 10.6 Å². The van der Waals surface area contributed by atoms with Gasteiger partial charge >= 0.3 is 0 Å². The summed E-state index contributed by atoms with van der Waals surface area (Å²) in [5.74, 6) is 1.00. The Balaban J connectivity index is 2.35. The highest BCUT2D eigenvalue weighted by molar-refractivity contribution is 7.14. The molecule has 6 heteroatoms. The van der Waals surface area contributed by atoms with E-state index < -0.39 is 0 Å². The number of nitrogens with zero attached hydrogens (tertiary/aromatic N) is 2. The van der Waals surface area contributed by atoms with Gasteiger partial charge in [-0.3, -0.25) is 0 Å². The average molecular weight is 270 g/mol. The van der Waals surface area contributed by atoms with E-state index in [1.807, 2.05) is 18.4 Å². The van der Waals surface area contributed by atoms with Crippen molar-refractivity contribution >= 4 is 28.8 Å². The smallest absolute Gasteiger partial charge is 0.157 e. The van der Waals surface area contributed by atoms with E-state index >= 15 is 0 Å². The van der Waals surface area contributed by atoms with E-state index in [-0.39, 0.29) is 0 Å². The lowest BCUT2D eigenvalue weighted by atomic mass is 10.3. The van der Waals surface area contributed by atoms with Crippen molar-refractivity contribution in [3.63, 3.8) is 0 Å². The number of rotatable bonds is 4. The maximum atomic E-state index is 6.06. The first-order valence-corrected chi connectivity index (χ1v) is 6.41. The van der Waals surface area contributed by atoms with E-state index in [1.165, 1.54) is 11.3 Å². The van der Waals surface area contributed by atoms with Gasteiger partial charge in [0.2, 0.25) is 0 Å². The molecule has 0 aliphatic carbocycles. The summed E-state index contributed by atoms with van der Waals surface area (Å²) in [4.78, 5) is 9.40. The Bertz CT molecular complexity index is 515. The summed E-state index contributed by atoms with van der Waals surface area (Å²) in [7, 11) is 0. The van der Waals surface area contributed by atoms with E-state index in [2.05, 4.69) is 9.97 Å². The van der Waals surface area contributed by atoms with E-state index in [4.69, 9.17) is 22.1 Å². The number of hydrogen-bond donors (Lipinski definition) is 1. The van der Waals surface area contributed by atoms with Gasteiger partial charge in [-0.05, 0) is 18.4 Å². The van der Waals surface area contributed by atoms with Crippen LogP contribution < -0.4 is 5.73 Å². The van der Waals surface area contributed by atoms with Crippen molar-refractivity contribution in [3.8, 4) is 10.6 Å². The van der Waals surface area contributed by atoms with Crippen molar-refractivity contribution in [2.75, 3.05) is 12.3 Å². The van der Waals surface area contributed by atoms with Gasteiger partial charge in [-0.25, -0.2) is 9.97 Å². The summed E-state index contributed by atoms with van der Waals surface area (Å²) < 4.78 is 5.27. The molecule has 0 fully saturated rings. The molecule has 0 aromatic carbocycles. The van der Waals surface area contributed by atoms with Gasteiger partial charge in [0, 0.05) is 12.7 Å². The third-order valence-corrected chi connectivity index (χ3v) is 3.44. The second-order valence-corrected chi connectivity index (χ2v) is 4.65. The fourth-order valence-corrected chi connectivity index (χ4v) is 2.48. The second-order valence-electron chi connectivity index (χ2n) is 3.33. The summed E-state index contributed by atoms with van der Waals surface area (Å²) in [6, 6.07) is 3.55. The molecule has 0 saturated carbocycles. The number of halogens is 1. The summed E-state index contributed by atoms with van der Waals surface area (Å²) in [6.45, 7) is 2.90. The minimum absolute atomic E-state index is 0.359. The molecule has 0 aliphatic heterocycles. The first-order chi connectivity index (χ1) is 8.20. The molecule has 2 aromatic rings. The van der Waals surface area contributed by atoms with Crippen LogP contribution in [0.3, 0.4) is 0 Å². The minimum atomic E-state index is 0.359. The predicted molar refractivity (Wildman–Crippen MR) is 70.1 cm³/mol. The zero-order chi connectivity index (χ0) is 12.3. The zero-order valence-electron chi connectivity index (χ0n) is 9.31. The van der Waals surface area contributed by atoms with Gasteiger partial charge in [-0.15, -0.1) is 11.3 Å². The Kier molecular flexibility index (Phi) is 3.93. The molecule has 0 amide bonds. The van der Waals surface area contributed by atoms with Crippen molar-refractivity contribution in [1.29, 1.82) is 0 Å². The van der Waals surface area contributed by atoms with Crippen LogP contribution in [0.15, 0.2) is 17.5 Å². The van der Waals surface area contributed by atoms with Gasteiger partial charge < -0.3 is 10.5 Å². The van der Waals surface area contributed by atoms with Gasteiger partial charge in [0.25, 0.3) is 0 Å². The van der Waals surface area contributed by atoms with Crippen molar-refractivity contribution in [1.82, 2.24) is 9.97 Å². The molecule has 0 unspecified atom stereocenters. The van der Waals surface area contributed by atoms with Crippen molar-refractivity contribution in [3.05, 3.63) is 28.4 Å². The van der Waals surface area contributed by atoms with Crippen LogP contribution in [-0.2, 0) is 11.3 Å². The molecule has 0 saturated heterocycles. The first kappa shape index (κ1) is 12.3. The highest BCUT2D eigenvalue weighted by Gasteiger charge is 2.09. The Hall–Kier alpha value is -1.17. The fraction of sp³-hybridized carbons (Fsp3) is 0.273. The number of thiophene rings is 1. The molecule has 0 aliphatic rings. The largest absolute Gasteiger partial charge is 0.384 e. The second kappa shape index (κ2) is 5.44. The van der Waals surface area contributed by atoms with E-state index in [0.29, 0.717) is 29.9 Å². The monoisotopic (exact) mass is 269 g/mol. The van der Waals surface area contributed by atoms with Crippen LogP contribution in [-0.4, -0.2) is 16.6 Å². The topological polar surface area (TPSA) is 61.0 Å². The summed E-state index contributed by atoms with van der Waals surface area (Å²) in [5.41, 5.74) is 6.48. The third-order valence-electron chi connectivity index (χ3n) is 2.08.